The first-order chi connectivity index (χ1) is 11.1. The summed E-state index contributed by atoms with van der Waals surface area (Å²) < 4.78 is 16.2. The third kappa shape index (κ3) is 3.17. The summed E-state index contributed by atoms with van der Waals surface area (Å²) in [5.74, 6) is 0.462. The van der Waals surface area contributed by atoms with Gasteiger partial charge in [-0.3, -0.25) is 9.59 Å². The van der Waals surface area contributed by atoms with E-state index in [1.165, 1.54) is 7.11 Å². The molecular formula is C17H13IO5. The molecule has 0 fully saturated rings. The van der Waals surface area contributed by atoms with Gasteiger partial charge in [0.2, 0.25) is 6.79 Å². The van der Waals surface area contributed by atoms with Crippen molar-refractivity contribution in [2.75, 3.05) is 13.9 Å². The monoisotopic (exact) mass is 424 g/mol. The van der Waals surface area contributed by atoms with Crippen LogP contribution in [0.5, 0.6) is 11.5 Å². The molecule has 0 amide bonds. The van der Waals surface area contributed by atoms with Crippen molar-refractivity contribution in [3.05, 3.63) is 56.7 Å². The number of esters is 1. The molecular weight excluding hydrogens is 411 g/mol. The summed E-state index contributed by atoms with van der Waals surface area (Å²) in [6, 6.07) is 10.6. The zero-order chi connectivity index (χ0) is 16.4. The second-order valence-corrected chi connectivity index (χ2v) is 6.09. The van der Waals surface area contributed by atoms with Gasteiger partial charge < -0.3 is 14.2 Å². The van der Waals surface area contributed by atoms with Crippen LogP contribution in [0.25, 0.3) is 0 Å². The SMILES string of the molecule is COC(=O)Cc1cc2c(cc1C(=O)c1ccccc1I)OCO2. The van der Waals surface area contributed by atoms with Crippen LogP contribution in [0.4, 0.5) is 0 Å². The number of hydrogen-bond donors (Lipinski definition) is 0. The molecule has 0 aromatic heterocycles. The highest BCUT2D eigenvalue weighted by molar-refractivity contribution is 14.1. The van der Waals surface area contributed by atoms with Gasteiger partial charge in [-0.2, -0.15) is 0 Å². The van der Waals surface area contributed by atoms with Crippen LogP contribution < -0.4 is 9.47 Å². The minimum Gasteiger partial charge on any atom is -0.469 e. The largest absolute Gasteiger partial charge is 0.469 e. The predicted octanol–water partition coefficient (Wildman–Crippen LogP) is 2.97. The molecule has 0 saturated carbocycles. The number of hydrogen-bond acceptors (Lipinski definition) is 5. The van der Waals surface area contributed by atoms with E-state index in [-0.39, 0.29) is 19.0 Å². The standard InChI is InChI=1S/C17H13IO5/c1-21-16(19)7-10-6-14-15(23-9-22-14)8-12(10)17(20)11-4-2-3-5-13(11)18/h2-6,8H,7,9H2,1H3. The molecule has 5 nitrogen and oxygen atoms in total. The van der Waals surface area contributed by atoms with Crippen molar-refractivity contribution in [2.45, 2.75) is 6.42 Å². The molecule has 0 bridgehead atoms. The Morgan fingerprint density at radius 2 is 1.83 bits per heavy atom. The highest BCUT2D eigenvalue weighted by Crippen LogP contribution is 2.36. The second kappa shape index (κ2) is 6.57. The number of carbonyl (C=O) groups is 2. The summed E-state index contributed by atoms with van der Waals surface area (Å²) in [6.45, 7) is 0.105. The van der Waals surface area contributed by atoms with E-state index in [1.807, 2.05) is 18.2 Å². The molecule has 0 spiro atoms. The summed E-state index contributed by atoms with van der Waals surface area (Å²) in [6.07, 6.45) is -0.00236. The molecule has 1 heterocycles. The Morgan fingerprint density at radius 1 is 1.13 bits per heavy atom. The average Bonchev–Trinajstić information content (AvgIpc) is 3.01. The fourth-order valence-corrected chi connectivity index (χ4v) is 2.99. The van der Waals surface area contributed by atoms with Gasteiger partial charge in [-0.25, -0.2) is 0 Å². The van der Waals surface area contributed by atoms with Gasteiger partial charge in [-0.05, 0) is 52.4 Å². The molecule has 0 radical (unpaired) electrons. The minimum atomic E-state index is -0.416. The van der Waals surface area contributed by atoms with Gasteiger partial charge in [0.05, 0.1) is 13.5 Å². The van der Waals surface area contributed by atoms with Crippen LogP contribution in [0.2, 0.25) is 0 Å². The maximum atomic E-state index is 12.9. The van der Waals surface area contributed by atoms with E-state index in [0.717, 1.165) is 3.57 Å². The van der Waals surface area contributed by atoms with Gasteiger partial charge in [0.25, 0.3) is 0 Å². The molecule has 2 aromatic carbocycles. The number of ether oxygens (including phenoxy) is 3. The summed E-state index contributed by atoms with van der Waals surface area (Å²) in [4.78, 5) is 24.6. The molecule has 1 aliphatic rings. The molecule has 0 saturated heterocycles. The quantitative estimate of drug-likeness (QED) is 0.429. The van der Waals surface area contributed by atoms with Crippen LogP contribution in [0.3, 0.4) is 0 Å². The van der Waals surface area contributed by atoms with Crippen LogP contribution >= 0.6 is 22.6 Å². The summed E-state index contributed by atoms with van der Waals surface area (Å²) >= 11 is 2.12. The van der Waals surface area contributed by atoms with Crippen molar-refractivity contribution < 1.29 is 23.8 Å². The Morgan fingerprint density at radius 3 is 2.52 bits per heavy atom. The topological polar surface area (TPSA) is 61.8 Å². The van der Waals surface area contributed by atoms with Gasteiger partial charge in [-0.15, -0.1) is 0 Å². The van der Waals surface area contributed by atoms with Gasteiger partial charge in [0, 0.05) is 14.7 Å². The number of halogens is 1. The van der Waals surface area contributed by atoms with Gasteiger partial charge >= 0.3 is 5.97 Å². The average molecular weight is 424 g/mol. The first kappa shape index (κ1) is 15.8. The van der Waals surface area contributed by atoms with E-state index in [2.05, 4.69) is 22.6 Å². The molecule has 2 aromatic rings. The van der Waals surface area contributed by atoms with Crippen molar-refractivity contribution >= 4 is 34.3 Å². The molecule has 0 atom stereocenters. The predicted molar refractivity (Wildman–Crippen MR) is 90.9 cm³/mol. The lowest BCUT2D eigenvalue weighted by Gasteiger charge is -2.11. The summed E-state index contributed by atoms with van der Waals surface area (Å²) in [7, 11) is 1.32. The van der Waals surface area contributed by atoms with Crippen molar-refractivity contribution in [2.24, 2.45) is 0 Å². The van der Waals surface area contributed by atoms with Crippen molar-refractivity contribution in [3.8, 4) is 11.5 Å². The highest BCUT2D eigenvalue weighted by atomic mass is 127. The van der Waals surface area contributed by atoms with Crippen molar-refractivity contribution in [3.63, 3.8) is 0 Å². The Balaban J connectivity index is 2.08. The summed E-state index contributed by atoms with van der Waals surface area (Å²) in [5.41, 5.74) is 1.56. The molecule has 23 heavy (non-hydrogen) atoms. The molecule has 118 valence electrons. The normalized spacial score (nSPS) is 12.1. The van der Waals surface area contributed by atoms with Gasteiger partial charge in [0.1, 0.15) is 0 Å². The number of fused-ring (bicyclic) bond motifs is 1. The molecule has 1 aliphatic heterocycles. The van der Waals surface area contributed by atoms with Crippen LogP contribution in [0, 0.1) is 3.57 Å². The lowest BCUT2D eigenvalue weighted by Crippen LogP contribution is -2.12. The molecule has 0 unspecified atom stereocenters. The Bertz CT molecular complexity index is 785. The fourth-order valence-electron chi connectivity index (χ4n) is 2.36. The maximum Gasteiger partial charge on any atom is 0.310 e. The van der Waals surface area contributed by atoms with Crippen LogP contribution in [0.15, 0.2) is 36.4 Å². The smallest absolute Gasteiger partial charge is 0.310 e. The lowest BCUT2D eigenvalue weighted by molar-refractivity contribution is -0.139. The Kier molecular flexibility index (Phi) is 4.51. The molecule has 6 heteroatoms. The van der Waals surface area contributed by atoms with Crippen LogP contribution in [-0.4, -0.2) is 25.7 Å². The zero-order valence-corrected chi connectivity index (χ0v) is 14.5. The second-order valence-electron chi connectivity index (χ2n) is 4.92. The van der Waals surface area contributed by atoms with Crippen molar-refractivity contribution in [1.82, 2.24) is 0 Å². The molecule has 3 rings (SSSR count). The van der Waals surface area contributed by atoms with E-state index in [4.69, 9.17) is 14.2 Å². The number of ketones is 1. The third-order valence-electron chi connectivity index (χ3n) is 3.52. The lowest BCUT2D eigenvalue weighted by atomic mass is 9.96. The fraction of sp³-hybridized carbons (Fsp3) is 0.176. The van der Waals surface area contributed by atoms with Crippen LogP contribution in [-0.2, 0) is 16.0 Å². The number of benzene rings is 2. The van der Waals surface area contributed by atoms with E-state index in [9.17, 15) is 9.59 Å². The van der Waals surface area contributed by atoms with E-state index < -0.39 is 5.97 Å². The first-order valence-corrected chi connectivity index (χ1v) is 7.96. The van der Waals surface area contributed by atoms with Crippen molar-refractivity contribution in [1.29, 1.82) is 0 Å². The summed E-state index contributed by atoms with van der Waals surface area (Å²) in [5, 5.41) is 0. The number of rotatable bonds is 4. The van der Waals surface area contributed by atoms with Gasteiger partial charge in [-0.1, -0.05) is 12.1 Å². The molecule has 0 aliphatic carbocycles. The number of carbonyl (C=O) groups excluding carboxylic acids is 2. The van der Waals surface area contributed by atoms with E-state index >= 15 is 0 Å². The zero-order valence-electron chi connectivity index (χ0n) is 12.3. The Labute approximate surface area is 146 Å². The van der Waals surface area contributed by atoms with Gasteiger partial charge in [0.15, 0.2) is 17.3 Å². The highest BCUT2D eigenvalue weighted by Gasteiger charge is 2.24. The third-order valence-corrected chi connectivity index (χ3v) is 4.46. The number of methoxy groups -OCH3 is 1. The first-order valence-electron chi connectivity index (χ1n) is 6.88. The minimum absolute atomic E-state index is 0.00236. The van der Waals surface area contributed by atoms with Crippen LogP contribution in [0.1, 0.15) is 21.5 Å². The maximum absolute atomic E-state index is 12.9. The Hall–Kier alpha value is -2.09. The molecule has 0 N–H and O–H groups in total. The van der Waals surface area contributed by atoms with E-state index in [1.54, 1.807) is 18.2 Å². The van der Waals surface area contributed by atoms with E-state index in [0.29, 0.717) is 28.2 Å².